The molecule has 3 aliphatic heterocycles. The number of nitrogens with two attached hydrogens (primary N) is 1. The number of aryl methyl sites for hydroxylation is 1. The number of rotatable bonds is 6. The Morgan fingerprint density at radius 3 is 2.61 bits per heavy atom. The van der Waals surface area contributed by atoms with Crippen molar-refractivity contribution in [3.8, 4) is 11.3 Å². The largest absolute Gasteiger partial charge is 0.475 e. The van der Waals surface area contributed by atoms with E-state index in [1.165, 1.54) is 16.7 Å². The number of likely N-dealkylation sites (tertiary alicyclic amines) is 1. The Kier molecular flexibility index (Phi) is 6.68. The van der Waals surface area contributed by atoms with Gasteiger partial charge in [0.15, 0.2) is 0 Å². The number of fused-ring (bicyclic) bond motifs is 3. The van der Waals surface area contributed by atoms with Crippen molar-refractivity contribution in [3.63, 3.8) is 0 Å². The predicted molar refractivity (Wildman–Crippen MR) is 148 cm³/mol. The molecule has 38 heavy (non-hydrogen) atoms. The fourth-order valence-corrected chi connectivity index (χ4v) is 6.68. The van der Waals surface area contributed by atoms with Crippen molar-refractivity contribution in [3.05, 3.63) is 35.4 Å². The van der Waals surface area contributed by atoms with E-state index in [0.29, 0.717) is 24.3 Å². The molecule has 0 spiro atoms. The van der Waals surface area contributed by atoms with E-state index in [9.17, 15) is 8.42 Å². The minimum Gasteiger partial charge on any atom is -0.475 e. The van der Waals surface area contributed by atoms with E-state index in [2.05, 4.69) is 52.8 Å². The highest BCUT2D eigenvalue weighted by Crippen LogP contribution is 2.37. The number of amidine groups is 1. The van der Waals surface area contributed by atoms with Crippen LogP contribution in [0.25, 0.3) is 11.3 Å². The van der Waals surface area contributed by atoms with Gasteiger partial charge in [0.05, 0.1) is 12.3 Å². The molecule has 6 rings (SSSR count). The fraction of sp³-hybridized carbons (Fsp3) is 0.538. The molecule has 0 unspecified atom stereocenters. The summed E-state index contributed by atoms with van der Waals surface area (Å²) in [5.41, 5.74) is 10.9. The van der Waals surface area contributed by atoms with E-state index >= 15 is 0 Å². The molecule has 1 aromatic heterocycles. The van der Waals surface area contributed by atoms with Crippen LogP contribution in [-0.4, -0.2) is 92.3 Å². The normalized spacial score (nSPS) is 20.9. The van der Waals surface area contributed by atoms with Gasteiger partial charge in [-0.25, -0.2) is 4.98 Å². The standard InChI is InChI=1S/C26H34N8O3S/c1-2-37-25-24(30-38(35,36)31-25)34-16-18(17-34)6-5-11-32-12-14-33(15-13-32)23-21-10-9-19-7-3-4-8-20(19)22(21)28-26(27)29-23/h3-4,7-8,18H,2,5-6,9-17H2,1H3,(H2,27,28,29). The number of hydrogen-bond donors (Lipinski definition) is 1. The maximum Gasteiger partial charge on any atom is 0.368 e. The molecule has 2 aromatic rings. The molecule has 12 heteroatoms. The lowest BCUT2D eigenvalue weighted by atomic mass is 9.89. The molecule has 0 amide bonds. The minimum atomic E-state index is -3.80. The van der Waals surface area contributed by atoms with Crippen molar-refractivity contribution in [1.29, 1.82) is 0 Å². The van der Waals surface area contributed by atoms with Crippen LogP contribution in [0.15, 0.2) is 33.1 Å². The van der Waals surface area contributed by atoms with Gasteiger partial charge < -0.3 is 20.3 Å². The quantitative estimate of drug-likeness (QED) is 0.585. The fourth-order valence-electron chi connectivity index (χ4n) is 5.88. The lowest BCUT2D eigenvalue weighted by Gasteiger charge is -2.41. The number of ether oxygens (including phenoxy) is 1. The van der Waals surface area contributed by atoms with Crippen LogP contribution in [0.2, 0.25) is 0 Å². The number of aromatic nitrogens is 2. The first-order chi connectivity index (χ1) is 18.4. The summed E-state index contributed by atoms with van der Waals surface area (Å²) in [6.07, 6.45) is 4.16. The van der Waals surface area contributed by atoms with E-state index < -0.39 is 10.2 Å². The van der Waals surface area contributed by atoms with E-state index in [4.69, 9.17) is 10.5 Å². The summed E-state index contributed by atoms with van der Waals surface area (Å²) >= 11 is 0. The molecule has 2 saturated heterocycles. The molecule has 2 N–H and O–H groups in total. The summed E-state index contributed by atoms with van der Waals surface area (Å²) in [7, 11) is -3.80. The van der Waals surface area contributed by atoms with E-state index in [1.54, 1.807) is 6.92 Å². The zero-order chi connectivity index (χ0) is 26.3. The van der Waals surface area contributed by atoms with Crippen LogP contribution < -0.4 is 10.6 Å². The van der Waals surface area contributed by atoms with Crippen LogP contribution in [0.1, 0.15) is 30.9 Å². The van der Waals surface area contributed by atoms with Crippen molar-refractivity contribution < 1.29 is 13.2 Å². The molecule has 1 aromatic carbocycles. The molecular formula is C26H34N8O3S. The average molecular weight is 539 g/mol. The highest BCUT2D eigenvalue weighted by molar-refractivity contribution is 7.89. The molecule has 11 nitrogen and oxygen atoms in total. The molecule has 4 aliphatic rings. The topological polar surface area (TPSA) is 130 Å². The lowest BCUT2D eigenvalue weighted by molar-refractivity contribution is 0.164. The Labute approximate surface area is 223 Å². The maximum atomic E-state index is 11.7. The molecule has 0 saturated carbocycles. The van der Waals surface area contributed by atoms with Gasteiger partial charge >= 0.3 is 10.2 Å². The van der Waals surface area contributed by atoms with Gasteiger partial charge in [-0.15, -0.1) is 8.80 Å². The third kappa shape index (κ3) is 4.94. The smallest absolute Gasteiger partial charge is 0.368 e. The zero-order valence-corrected chi connectivity index (χ0v) is 22.5. The van der Waals surface area contributed by atoms with Gasteiger partial charge in [0.2, 0.25) is 11.8 Å². The van der Waals surface area contributed by atoms with Crippen LogP contribution in [-0.2, 0) is 27.8 Å². The van der Waals surface area contributed by atoms with Gasteiger partial charge in [-0.05, 0) is 50.6 Å². The number of benzene rings is 1. The average Bonchev–Trinajstić information content (AvgIpc) is 3.18. The Morgan fingerprint density at radius 2 is 1.82 bits per heavy atom. The van der Waals surface area contributed by atoms with Gasteiger partial charge in [-0.2, -0.15) is 13.4 Å². The number of nitrogen functional groups attached to an aromatic ring is 1. The van der Waals surface area contributed by atoms with Crippen LogP contribution in [0, 0.1) is 5.92 Å². The molecule has 2 fully saturated rings. The van der Waals surface area contributed by atoms with E-state index in [1.807, 2.05) is 4.90 Å². The van der Waals surface area contributed by atoms with Crippen molar-refractivity contribution in [2.24, 2.45) is 14.7 Å². The molecule has 4 heterocycles. The first-order valence-corrected chi connectivity index (χ1v) is 14.8. The third-order valence-corrected chi connectivity index (χ3v) is 8.61. The van der Waals surface area contributed by atoms with E-state index in [0.717, 1.165) is 83.0 Å². The number of nitrogens with zero attached hydrogens (tertiary/aromatic N) is 7. The Morgan fingerprint density at radius 1 is 1.03 bits per heavy atom. The monoisotopic (exact) mass is 538 g/mol. The Hall–Kier alpha value is -3.25. The second kappa shape index (κ2) is 10.1. The first kappa shape index (κ1) is 25.1. The Bertz CT molecular complexity index is 1380. The summed E-state index contributed by atoms with van der Waals surface area (Å²) in [6.45, 7) is 8.64. The first-order valence-electron chi connectivity index (χ1n) is 13.4. The van der Waals surface area contributed by atoms with Crippen LogP contribution in [0.3, 0.4) is 0 Å². The van der Waals surface area contributed by atoms with Gasteiger partial charge in [-0.3, -0.25) is 4.90 Å². The van der Waals surface area contributed by atoms with Gasteiger partial charge in [0.25, 0.3) is 5.90 Å². The SMILES string of the molecule is CCOC1=NS(=O)(=O)N=C1N1CC(CCCN2CCN(c3nc(N)nc4c3CCc3ccccc3-4)CC2)C1. The zero-order valence-electron chi connectivity index (χ0n) is 21.7. The second-order valence-electron chi connectivity index (χ2n) is 10.3. The highest BCUT2D eigenvalue weighted by Gasteiger charge is 2.37. The third-order valence-electron chi connectivity index (χ3n) is 7.81. The minimum absolute atomic E-state index is 0.125. The molecule has 0 radical (unpaired) electrons. The molecule has 0 atom stereocenters. The maximum absolute atomic E-state index is 11.7. The predicted octanol–water partition coefficient (Wildman–Crippen LogP) is 1.75. The van der Waals surface area contributed by atoms with Crippen molar-refractivity contribution >= 4 is 33.7 Å². The summed E-state index contributed by atoms with van der Waals surface area (Å²) in [4.78, 5) is 16.2. The number of anilines is 2. The van der Waals surface area contributed by atoms with Gasteiger partial charge in [-0.1, -0.05) is 24.3 Å². The number of hydrogen-bond acceptors (Lipinski definition) is 9. The highest BCUT2D eigenvalue weighted by atomic mass is 32.2. The molecule has 1 aliphatic carbocycles. The van der Waals surface area contributed by atoms with Crippen molar-refractivity contribution in [1.82, 2.24) is 19.8 Å². The van der Waals surface area contributed by atoms with Crippen LogP contribution in [0.5, 0.6) is 0 Å². The molecule has 0 bridgehead atoms. The van der Waals surface area contributed by atoms with Crippen molar-refractivity contribution in [2.75, 3.05) is 63.1 Å². The van der Waals surface area contributed by atoms with Crippen LogP contribution >= 0.6 is 0 Å². The summed E-state index contributed by atoms with van der Waals surface area (Å²) in [5, 5.41) is 0. The summed E-state index contributed by atoms with van der Waals surface area (Å²) < 4.78 is 36.2. The second-order valence-corrected chi connectivity index (χ2v) is 11.6. The van der Waals surface area contributed by atoms with Crippen molar-refractivity contribution in [2.45, 2.75) is 32.6 Å². The summed E-state index contributed by atoms with van der Waals surface area (Å²) in [5.74, 6) is 2.36. The van der Waals surface area contributed by atoms with Gasteiger partial charge in [0.1, 0.15) is 5.82 Å². The molecule has 202 valence electrons. The number of piperazine rings is 1. The van der Waals surface area contributed by atoms with Crippen LogP contribution in [0.4, 0.5) is 11.8 Å². The van der Waals surface area contributed by atoms with Gasteiger partial charge in [0, 0.05) is 50.4 Å². The van der Waals surface area contributed by atoms with E-state index in [-0.39, 0.29) is 5.90 Å². The molecular weight excluding hydrogens is 504 g/mol. The Balaban J connectivity index is 0.988. The lowest BCUT2D eigenvalue weighted by Crippen LogP contribution is -2.52. The summed E-state index contributed by atoms with van der Waals surface area (Å²) in [6, 6.07) is 8.46.